The van der Waals surface area contributed by atoms with Crippen LogP contribution in [0.15, 0.2) is 53.4 Å². The number of hydrogen-bond acceptors (Lipinski definition) is 6. The number of hydrogen-bond donors (Lipinski definition) is 1. The van der Waals surface area contributed by atoms with Crippen LogP contribution < -0.4 is 10.1 Å². The Labute approximate surface area is 187 Å². The van der Waals surface area contributed by atoms with Crippen molar-refractivity contribution >= 4 is 29.4 Å². The lowest BCUT2D eigenvalue weighted by Crippen LogP contribution is -2.30. The van der Waals surface area contributed by atoms with Crippen LogP contribution in [0.4, 0.5) is 0 Å². The topological polar surface area (TPSA) is 81.7 Å². The van der Waals surface area contributed by atoms with Crippen molar-refractivity contribution in [2.75, 3.05) is 13.7 Å². The van der Waals surface area contributed by atoms with E-state index in [1.54, 1.807) is 59.1 Å². The summed E-state index contributed by atoms with van der Waals surface area (Å²) in [5.41, 5.74) is 0.629. The van der Waals surface area contributed by atoms with Crippen molar-refractivity contribution in [3.05, 3.63) is 59.7 Å². The molecule has 0 saturated heterocycles. The molecule has 2 aromatic rings. The third-order valence-corrected chi connectivity index (χ3v) is 5.77. The van der Waals surface area contributed by atoms with Crippen molar-refractivity contribution in [3.8, 4) is 5.75 Å². The molecule has 0 aliphatic carbocycles. The lowest BCUT2D eigenvalue weighted by molar-refractivity contribution is -0.129. The average molecular weight is 444 g/mol. The highest BCUT2D eigenvalue weighted by Gasteiger charge is 2.24. The zero-order chi connectivity index (χ0) is 23.0. The van der Waals surface area contributed by atoms with Crippen molar-refractivity contribution in [2.45, 2.75) is 44.4 Å². The Balaban J connectivity index is 2.00. The number of Topliss-reactive ketones (excluding diaryl/α,β-unsaturated/α-hetero) is 1. The van der Waals surface area contributed by atoms with Gasteiger partial charge in [0.2, 0.25) is 5.91 Å². The molecule has 166 valence electrons. The standard InChI is InChI=1S/C24H29NO5S/c1-16(22(27)25-14-17-10-6-8-12-19(17)29-5)31-20-13-9-7-11-18(20)23(28)30-15-21(26)24(2,3)4/h6-13,16H,14-15H2,1-5H3,(H,25,27)/t16-/m1/s1. The Morgan fingerprint density at radius 1 is 1.03 bits per heavy atom. The summed E-state index contributed by atoms with van der Waals surface area (Å²) in [5.74, 6) is -0.194. The van der Waals surface area contributed by atoms with E-state index in [0.717, 1.165) is 5.56 Å². The van der Waals surface area contributed by atoms with Gasteiger partial charge in [0.05, 0.1) is 17.9 Å². The van der Waals surface area contributed by atoms with Crippen LogP contribution in [0.25, 0.3) is 0 Å². The first kappa shape index (κ1) is 24.5. The van der Waals surface area contributed by atoms with E-state index in [4.69, 9.17) is 9.47 Å². The highest BCUT2D eigenvalue weighted by atomic mass is 32.2. The first-order valence-electron chi connectivity index (χ1n) is 9.99. The van der Waals surface area contributed by atoms with E-state index < -0.39 is 16.6 Å². The van der Waals surface area contributed by atoms with Crippen LogP contribution in [0.1, 0.15) is 43.6 Å². The van der Waals surface area contributed by atoms with Gasteiger partial charge in [-0.1, -0.05) is 51.1 Å². The first-order valence-corrected chi connectivity index (χ1v) is 10.9. The summed E-state index contributed by atoms with van der Waals surface area (Å²) in [6.07, 6.45) is 0. The number of para-hydroxylation sites is 1. The molecule has 2 aromatic carbocycles. The number of methoxy groups -OCH3 is 1. The summed E-state index contributed by atoms with van der Waals surface area (Å²) in [4.78, 5) is 37.8. The van der Waals surface area contributed by atoms with Gasteiger partial charge in [-0.05, 0) is 25.1 Å². The summed E-state index contributed by atoms with van der Waals surface area (Å²) < 4.78 is 10.5. The van der Waals surface area contributed by atoms with Gasteiger partial charge in [0.15, 0.2) is 12.4 Å². The first-order chi connectivity index (χ1) is 14.6. The van der Waals surface area contributed by atoms with E-state index >= 15 is 0 Å². The summed E-state index contributed by atoms with van der Waals surface area (Å²) in [6, 6.07) is 14.4. The Morgan fingerprint density at radius 3 is 2.35 bits per heavy atom. The molecule has 0 unspecified atom stereocenters. The van der Waals surface area contributed by atoms with Gasteiger partial charge in [0, 0.05) is 22.4 Å². The van der Waals surface area contributed by atoms with Crippen molar-refractivity contribution in [1.29, 1.82) is 0 Å². The highest BCUT2D eigenvalue weighted by Crippen LogP contribution is 2.28. The number of esters is 1. The molecule has 0 aliphatic heterocycles. The monoisotopic (exact) mass is 443 g/mol. The molecule has 1 amide bonds. The second kappa shape index (κ2) is 11.0. The predicted molar refractivity (Wildman–Crippen MR) is 121 cm³/mol. The van der Waals surface area contributed by atoms with E-state index in [1.807, 2.05) is 24.3 Å². The fourth-order valence-corrected chi connectivity index (χ4v) is 3.59. The van der Waals surface area contributed by atoms with Crippen LogP contribution in [0.2, 0.25) is 0 Å². The summed E-state index contributed by atoms with van der Waals surface area (Å²) in [6.45, 7) is 7.16. The largest absolute Gasteiger partial charge is 0.496 e. The highest BCUT2D eigenvalue weighted by molar-refractivity contribution is 8.00. The van der Waals surface area contributed by atoms with E-state index in [2.05, 4.69) is 5.32 Å². The third-order valence-electron chi connectivity index (χ3n) is 4.60. The molecule has 1 N–H and O–H groups in total. The number of thioether (sulfide) groups is 1. The number of nitrogens with one attached hydrogen (secondary N) is 1. The fourth-order valence-electron chi connectivity index (χ4n) is 2.58. The number of ether oxygens (including phenoxy) is 2. The minimum atomic E-state index is -0.581. The molecule has 31 heavy (non-hydrogen) atoms. The number of amides is 1. The SMILES string of the molecule is COc1ccccc1CNC(=O)[C@@H](C)Sc1ccccc1C(=O)OCC(=O)C(C)(C)C. The quantitative estimate of drug-likeness (QED) is 0.461. The normalized spacial score (nSPS) is 12.0. The molecule has 0 radical (unpaired) electrons. The number of rotatable bonds is 9. The minimum absolute atomic E-state index is 0.157. The van der Waals surface area contributed by atoms with E-state index in [0.29, 0.717) is 22.8 Å². The molecule has 0 heterocycles. The van der Waals surface area contributed by atoms with E-state index in [9.17, 15) is 14.4 Å². The molecule has 0 spiro atoms. The summed E-state index contributed by atoms with van der Waals surface area (Å²) in [7, 11) is 1.59. The summed E-state index contributed by atoms with van der Waals surface area (Å²) in [5, 5.41) is 2.45. The number of carbonyl (C=O) groups excluding carboxylic acids is 3. The Bertz CT molecular complexity index is 936. The molecule has 0 aromatic heterocycles. The molecule has 0 fully saturated rings. The van der Waals surface area contributed by atoms with Gasteiger partial charge in [-0.15, -0.1) is 11.8 Å². The second-order valence-electron chi connectivity index (χ2n) is 8.04. The summed E-state index contributed by atoms with van der Waals surface area (Å²) >= 11 is 1.26. The predicted octanol–water partition coefficient (Wildman–Crippen LogP) is 4.26. The van der Waals surface area contributed by atoms with Gasteiger partial charge in [0.1, 0.15) is 5.75 Å². The van der Waals surface area contributed by atoms with Gasteiger partial charge in [-0.2, -0.15) is 0 Å². The maximum absolute atomic E-state index is 12.6. The molecule has 2 rings (SSSR count). The van der Waals surface area contributed by atoms with Crippen LogP contribution in [-0.2, 0) is 20.9 Å². The average Bonchev–Trinajstić information content (AvgIpc) is 2.75. The third kappa shape index (κ3) is 7.14. The Morgan fingerprint density at radius 2 is 1.68 bits per heavy atom. The lowest BCUT2D eigenvalue weighted by atomic mass is 9.91. The molecule has 7 heteroatoms. The van der Waals surface area contributed by atoms with Crippen LogP contribution in [0, 0.1) is 5.41 Å². The molecular formula is C24H29NO5S. The second-order valence-corrected chi connectivity index (χ2v) is 9.42. The van der Waals surface area contributed by atoms with Gasteiger partial charge in [-0.3, -0.25) is 9.59 Å². The molecule has 0 aliphatic rings. The van der Waals surface area contributed by atoms with Crippen molar-refractivity contribution in [1.82, 2.24) is 5.32 Å². The number of carbonyl (C=O) groups is 3. The fraction of sp³-hybridized carbons (Fsp3) is 0.375. The van der Waals surface area contributed by atoms with Crippen LogP contribution in [-0.4, -0.2) is 36.6 Å². The van der Waals surface area contributed by atoms with E-state index in [1.165, 1.54) is 11.8 Å². The lowest BCUT2D eigenvalue weighted by Gasteiger charge is -2.17. The molecule has 1 atom stereocenters. The zero-order valence-electron chi connectivity index (χ0n) is 18.6. The van der Waals surface area contributed by atoms with E-state index in [-0.39, 0.29) is 18.3 Å². The van der Waals surface area contributed by atoms with Crippen molar-refractivity contribution in [3.63, 3.8) is 0 Å². The minimum Gasteiger partial charge on any atom is -0.496 e. The van der Waals surface area contributed by atoms with Crippen LogP contribution in [0.3, 0.4) is 0 Å². The zero-order valence-corrected chi connectivity index (χ0v) is 19.4. The van der Waals surface area contributed by atoms with Crippen molar-refractivity contribution in [2.24, 2.45) is 5.41 Å². The molecular weight excluding hydrogens is 414 g/mol. The maximum Gasteiger partial charge on any atom is 0.339 e. The smallest absolute Gasteiger partial charge is 0.339 e. The van der Waals surface area contributed by atoms with Gasteiger partial charge in [-0.25, -0.2) is 4.79 Å². The van der Waals surface area contributed by atoms with Gasteiger partial charge < -0.3 is 14.8 Å². The van der Waals surface area contributed by atoms with Gasteiger partial charge >= 0.3 is 5.97 Å². The van der Waals surface area contributed by atoms with Crippen molar-refractivity contribution < 1.29 is 23.9 Å². The Hall–Kier alpha value is -2.80. The molecule has 0 bridgehead atoms. The molecule has 0 saturated carbocycles. The maximum atomic E-state index is 12.6. The van der Waals surface area contributed by atoms with Gasteiger partial charge in [0.25, 0.3) is 0 Å². The number of benzene rings is 2. The Kier molecular flexibility index (Phi) is 8.68. The number of ketones is 1. The van der Waals surface area contributed by atoms with Crippen LogP contribution >= 0.6 is 11.8 Å². The van der Waals surface area contributed by atoms with Crippen LogP contribution in [0.5, 0.6) is 5.75 Å². The molecule has 6 nitrogen and oxygen atoms in total.